The third-order valence-corrected chi connectivity index (χ3v) is 2.46. The number of halogens is 4. The standard InChI is InChI=1S/C11H6F4N2S/c12-8-2-1-6(5-7(8)11(13,14)15)9-3-4-16-10(18)17-9/h1-5H,(H,16,17,18). The van der Waals surface area contributed by atoms with E-state index in [1.54, 1.807) is 0 Å². The molecule has 2 nitrogen and oxygen atoms in total. The molecule has 94 valence electrons. The van der Waals surface area contributed by atoms with Gasteiger partial charge < -0.3 is 4.98 Å². The number of H-pyrrole nitrogens is 1. The van der Waals surface area contributed by atoms with Gasteiger partial charge in [-0.25, -0.2) is 9.37 Å². The van der Waals surface area contributed by atoms with Gasteiger partial charge in [-0.15, -0.1) is 0 Å². The molecule has 7 heteroatoms. The fourth-order valence-corrected chi connectivity index (χ4v) is 1.62. The molecule has 0 saturated carbocycles. The largest absolute Gasteiger partial charge is 0.419 e. The number of alkyl halides is 3. The molecule has 1 aromatic heterocycles. The summed E-state index contributed by atoms with van der Waals surface area (Å²) >= 11 is 4.77. The van der Waals surface area contributed by atoms with Gasteiger partial charge in [-0.3, -0.25) is 0 Å². The molecule has 2 rings (SSSR count). The zero-order valence-electron chi connectivity index (χ0n) is 8.75. The van der Waals surface area contributed by atoms with Gasteiger partial charge in [0.05, 0.1) is 5.56 Å². The summed E-state index contributed by atoms with van der Waals surface area (Å²) in [6, 6.07) is 4.21. The predicted octanol–water partition coefficient (Wildman–Crippen LogP) is 3.96. The molecule has 18 heavy (non-hydrogen) atoms. The Balaban J connectivity index is 2.58. The summed E-state index contributed by atoms with van der Waals surface area (Å²) < 4.78 is 50.9. The van der Waals surface area contributed by atoms with E-state index in [0.29, 0.717) is 5.69 Å². The molecule has 1 heterocycles. The number of nitrogens with zero attached hydrogens (tertiary/aromatic N) is 1. The van der Waals surface area contributed by atoms with Crippen LogP contribution in [0.3, 0.4) is 0 Å². The second-order valence-corrected chi connectivity index (χ2v) is 3.87. The van der Waals surface area contributed by atoms with Crippen LogP contribution in [0, 0.1) is 10.6 Å². The van der Waals surface area contributed by atoms with Crippen molar-refractivity contribution < 1.29 is 17.6 Å². The van der Waals surface area contributed by atoms with Crippen LogP contribution >= 0.6 is 12.2 Å². The summed E-state index contributed by atoms with van der Waals surface area (Å²) in [7, 11) is 0. The van der Waals surface area contributed by atoms with Crippen LogP contribution in [0.15, 0.2) is 30.5 Å². The minimum atomic E-state index is -4.73. The van der Waals surface area contributed by atoms with Gasteiger partial charge in [-0.05, 0) is 42.0 Å². The SMILES string of the molecule is Fc1ccc(-c2ccnc(=S)[nH]2)cc1C(F)(F)F. The summed E-state index contributed by atoms with van der Waals surface area (Å²) in [6.45, 7) is 0. The van der Waals surface area contributed by atoms with E-state index in [1.807, 2.05) is 0 Å². The molecule has 2 aromatic rings. The van der Waals surface area contributed by atoms with Crippen LogP contribution in [-0.4, -0.2) is 9.97 Å². The summed E-state index contributed by atoms with van der Waals surface area (Å²) in [5.74, 6) is -1.31. The van der Waals surface area contributed by atoms with Crippen LogP contribution in [0.5, 0.6) is 0 Å². The van der Waals surface area contributed by atoms with Crippen LogP contribution in [-0.2, 0) is 6.18 Å². The second kappa shape index (κ2) is 4.49. The first kappa shape index (κ1) is 12.7. The molecular weight excluding hydrogens is 268 g/mol. The summed E-state index contributed by atoms with van der Waals surface area (Å²) in [5.41, 5.74) is -0.770. The first-order valence-corrected chi connectivity index (χ1v) is 5.21. The van der Waals surface area contributed by atoms with Crippen molar-refractivity contribution in [2.45, 2.75) is 6.18 Å². The predicted molar refractivity (Wildman–Crippen MR) is 59.8 cm³/mol. The van der Waals surface area contributed by atoms with Crippen molar-refractivity contribution in [3.8, 4) is 11.3 Å². The minimum Gasteiger partial charge on any atom is -0.330 e. The van der Waals surface area contributed by atoms with E-state index >= 15 is 0 Å². The Bertz CT molecular complexity index is 633. The number of aromatic nitrogens is 2. The lowest BCUT2D eigenvalue weighted by molar-refractivity contribution is -0.139. The van der Waals surface area contributed by atoms with E-state index in [-0.39, 0.29) is 10.3 Å². The Morgan fingerprint density at radius 3 is 2.50 bits per heavy atom. The molecule has 0 unspecified atom stereocenters. The Morgan fingerprint density at radius 2 is 1.89 bits per heavy atom. The number of nitrogens with one attached hydrogen (secondary N) is 1. The highest BCUT2D eigenvalue weighted by atomic mass is 32.1. The van der Waals surface area contributed by atoms with Crippen LogP contribution in [0.4, 0.5) is 17.6 Å². The second-order valence-electron chi connectivity index (χ2n) is 3.48. The fraction of sp³-hybridized carbons (Fsp3) is 0.0909. The normalized spacial score (nSPS) is 11.6. The molecule has 0 amide bonds. The van der Waals surface area contributed by atoms with Gasteiger partial charge in [0.25, 0.3) is 0 Å². The van der Waals surface area contributed by atoms with Crippen molar-refractivity contribution in [2.75, 3.05) is 0 Å². The quantitative estimate of drug-likeness (QED) is 0.629. The first-order valence-electron chi connectivity index (χ1n) is 4.80. The van der Waals surface area contributed by atoms with Crippen molar-refractivity contribution in [3.63, 3.8) is 0 Å². The summed E-state index contributed by atoms with van der Waals surface area (Å²) in [4.78, 5) is 6.35. The molecule has 0 bridgehead atoms. The maximum atomic E-state index is 13.1. The molecule has 0 aliphatic rings. The van der Waals surface area contributed by atoms with E-state index < -0.39 is 17.6 Å². The Kier molecular flexibility index (Phi) is 3.16. The molecule has 0 aliphatic carbocycles. The molecule has 0 saturated heterocycles. The Hall–Kier alpha value is -1.76. The average Bonchev–Trinajstić information content (AvgIpc) is 2.28. The molecule has 0 aliphatic heterocycles. The molecular formula is C11H6F4N2S. The fourth-order valence-electron chi connectivity index (χ4n) is 1.45. The maximum absolute atomic E-state index is 13.1. The number of benzene rings is 1. The Labute approximate surface area is 104 Å². The molecule has 1 N–H and O–H groups in total. The van der Waals surface area contributed by atoms with Crippen LogP contribution in [0.1, 0.15) is 5.56 Å². The smallest absolute Gasteiger partial charge is 0.330 e. The third kappa shape index (κ3) is 2.56. The lowest BCUT2D eigenvalue weighted by Crippen LogP contribution is -2.08. The van der Waals surface area contributed by atoms with Crippen LogP contribution in [0.25, 0.3) is 11.3 Å². The zero-order valence-corrected chi connectivity index (χ0v) is 9.57. The van der Waals surface area contributed by atoms with E-state index in [2.05, 4.69) is 9.97 Å². The van der Waals surface area contributed by atoms with E-state index in [9.17, 15) is 17.6 Å². The highest BCUT2D eigenvalue weighted by Crippen LogP contribution is 2.33. The van der Waals surface area contributed by atoms with Crippen molar-refractivity contribution >= 4 is 12.2 Å². The zero-order chi connectivity index (χ0) is 13.3. The van der Waals surface area contributed by atoms with Crippen molar-refractivity contribution in [3.05, 3.63) is 46.6 Å². The number of hydrogen-bond acceptors (Lipinski definition) is 2. The van der Waals surface area contributed by atoms with Crippen molar-refractivity contribution in [1.82, 2.24) is 9.97 Å². The highest BCUT2D eigenvalue weighted by molar-refractivity contribution is 7.71. The average molecular weight is 274 g/mol. The maximum Gasteiger partial charge on any atom is 0.419 e. The molecule has 0 fully saturated rings. The topological polar surface area (TPSA) is 28.7 Å². The summed E-state index contributed by atoms with van der Waals surface area (Å²) in [5, 5.41) is 0. The monoisotopic (exact) mass is 274 g/mol. The number of aromatic amines is 1. The van der Waals surface area contributed by atoms with Gasteiger partial charge >= 0.3 is 6.18 Å². The van der Waals surface area contributed by atoms with E-state index in [4.69, 9.17) is 12.2 Å². The minimum absolute atomic E-state index is 0.144. The molecule has 1 aromatic carbocycles. The molecule has 0 atom stereocenters. The third-order valence-electron chi connectivity index (χ3n) is 2.26. The van der Waals surface area contributed by atoms with Crippen molar-refractivity contribution in [2.24, 2.45) is 0 Å². The summed E-state index contributed by atoms with van der Waals surface area (Å²) in [6.07, 6.45) is -3.37. The van der Waals surface area contributed by atoms with Gasteiger partial charge in [0, 0.05) is 11.9 Å². The van der Waals surface area contributed by atoms with Crippen LogP contribution in [0.2, 0.25) is 0 Å². The van der Waals surface area contributed by atoms with Gasteiger partial charge in [0.2, 0.25) is 0 Å². The molecule has 0 radical (unpaired) electrons. The number of rotatable bonds is 1. The van der Waals surface area contributed by atoms with E-state index in [0.717, 1.165) is 12.1 Å². The van der Waals surface area contributed by atoms with Gasteiger partial charge in [-0.2, -0.15) is 13.2 Å². The highest BCUT2D eigenvalue weighted by Gasteiger charge is 2.34. The van der Waals surface area contributed by atoms with E-state index in [1.165, 1.54) is 18.3 Å². The lowest BCUT2D eigenvalue weighted by atomic mass is 10.1. The molecule has 0 spiro atoms. The van der Waals surface area contributed by atoms with Crippen LogP contribution < -0.4 is 0 Å². The van der Waals surface area contributed by atoms with Gasteiger partial charge in [0.15, 0.2) is 4.77 Å². The number of hydrogen-bond donors (Lipinski definition) is 1. The van der Waals surface area contributed by atoms with Gasteiger partial charge in [-0.1, -0.05) is 0 Å². The Morgan fingerprint density at radius 1 is 1.17 bits per heavy atom. The lowest BCUT2D eigenvalue weighted by Gasteiger charge is -2.10. The van der Waals surface area contributed by atoms with Gasteiger partial charge in [0.1, 0.15) is 5.82 Å². The van der Waals surface area contributed by atoms with Crippen molar-refractivity contribution in [1.29, 1.82) is 0 Å². The first-order chi connectivity index (χ1) is 8.38.